The van der Waals surface area contributed by atoms with Gasteiger partial charge >= 0.3 is 5.97 Å². The highest BCUT2D eigenvalue weighted by Crippen LogP contribution is 2.28. The lowest BCUT2D eigenvalue weighted by Gasteiger charge is -2.33. The Hall–Kier alpha value is -1.43. The van der Waals surface area contributed by atoms with E-state index in [0.717, 1.165) is 22.8 Å². The first-order valence-electron chi connectivity index (χ1n) is 6.71. The molecule has 0 aromatic carbocycles. The molecule has 1 amide bonds. The number of aryl methyl sites for hydroxylation is 2. The number of aliphatic carboxylic acids is 1. The molecule has 20 heavy (non-hydrogen) atoms. The normalized spacial score (nSPS) is 17.7. The summed E-state index contributed by atoms with van der Waals surface area (Å²) in [7, 11) is 0. The van der Waals surface area contributed by atoms with Crippen molar-refractivity contribution in [2.24, 2.45) is 0 Å². The highest BCUT2D eigenvalue weighted by atomic mass is 32.2. The van der Waals surface area contributed by atoms with Gasteiger partial charge in [-0.2, -0.15) is 11.8 Å². The minimum Gasteiger partial charge on any atom is -0.480 e. The van der Waals surface area contributed by atoms with E-state index in [9.17, 15) is 14.7 Å². The second kappa shape index (κ2) is 5.91. The molecular formula is C14H19NO4S. The van der Waals surface area contributed by atoms with Crippen molar-refractivity contribution in [2.45, 2.75) is 38.6 Å². The third kappa shape index (κ3) is 2.85. The molecule has 0 atom stereocenters. The molecule has 6 heteroatoms. The number of hydrogen-bond acceptors (Lipinski definition) is 4. The van der Waals surface area contributed by atoms with Gasteiger partial charge in [-0.25, -0.2) is 4.79 Å². The minimum atomic E-state index is -1.16. The van der Waals surface area contributed by atoms with Crippen molar-refractivity contribution in [3.8, 4) is 0 Å². The van der Waals surface area contributed by atoms with Gasteiger partial charge in [-0.05, 0) is 42.9 Å². The van der Waals surface area contributed by atoms with E-state index in [0.29, 0.717) is 19.3 Å². The van der Waals surface area contributed by atoms with E-state index in [1.165, 1.54) is 0 Å². The highest BCUT2D eigenvalue weighted by Gasteiger charge is 2.41. The predicted molar refractivity (Wildman–Crippen MR) is 77.2 cm³/mol. The largest absolute Gasteiger partial charge is 0.480 e. The van der Waals surface area contributed by atoms with Crippen LogP contribution in [0.4, 0.5) is 0 Å². The lowest BCUT2D eigenvalue weighted by Crippen LogP contribution is -2.56. The molecule has 1 aliphatic heterocycles. The first-order chi connectivity index (χ1) is 9.48. The third-order valence-corrected chi connectivity index (χ3v) is 4.66. The van der Waals surface area contributed by atoms with Crippen LogP contribution in [-0.4, -0.2) is 34.0 Å². The van der Waals surface area contributed by atoms with Crippen molar-refractivity contribution in [3.63, 3.8) is 0 Å². The number of carbonyl (C=O) groups excluding carboxylic acids is 1. The molecular weight excluding hydrogens is 278 g/mol. The van der Waals surface area contributed by atoms with E-state index in [1.807, 2.05) is 13.8 Å². The molecule has 1 aliphatic rings. The van der Waals surface area contributed by atoms with Gasteiger partial charge in [0.1, 0.15) is 11.3 Å². The molecule has 2 heterocycles. The third-order valence-electron chi connectivity index (χ3n) is 3.67. The molecule has 2 N–H and O–H groups in total. The molecule has 1 aromatic heterocycles. The number of carbonyl (C=O) groups is 2. The van der Waals surface area contributed by atoms with Crippen LogP contribution >= 0.6 is 11.8 Å². The highest BCUT2D eigenvalue weighted by molar-refractivity contribution is 7.99. The number of rotatable bonds is 4. The SMILES string of the molecule is CCc1oc(C(=O)NC2(C(=O)O)CCSCC2)cc1C. The molecule has 1 fully saturated rings. The summed E-state index contributed by atoms with van der Waals surface area (Å²) in [6.07, 6.45) is 1.60. The second-order valence-corrected chi connectivity index (χ2v) is 6.25. The number of thioether (sulfide) groups is 1. The van der Waals surface area contributed by atoms with E-state index in [-0.39, 0.29) is 5.76 Å². The average Bonchev–Trinajstić information content (AvgIpc) is 2.81. The Kier molecular flexibility index (Phi) is 4.42. The number of nitrogens with one attached hydrogen (secondary N) is 1. The quantitative estimate of drug-likeness (QED) is 0.891. The molecule has 1 aromatic rings. The zero-order valence-electron chi connectivity index (χ0n) is 11.7. The van der Waals surface area contributed by atoms with E-state index in [1.54, 1.807) is 17.8 Å². The molecule has 0 radical (unpaired) electrons. The van der Waals surface area contributed by atoms with E-state index >= 15 is 0 Å². The van der Waals surface area contributed by atoms with Gasteiger partial charge in [0.2, 0.25) is 0 Å². The summed E-state index contributed by atoms with van der Waals surface area (Å²) in [4.78, 5) is 23.7. The number of carboxylic acids is 1. The summed E-state index contributed by atoms with van der Waals surface area (Å²) >= 11 is 1.71. The van der Waals surface area contributed by atoms with E-state index in [4.69, 9.17) is 4.42 Å². The average molecular weight is 297 g/mol. The van der Waals surface area contributed by atoms with Crippen LogP contribution in [0.2, 0.25) is 0 Å². The Balaban J connectivity index is 2.17. The predicted octanol–water partition coefficient (Wildman–Crippen LogP) is 2.23. The monoisotopic (exact) mass is 297 g/mol. The Bertz CT molecular complexity index is 517. The van der Waals surface area contributed by atoms with Gasteiger partial charge in [-0.3, -0.25) is 4.79 Å². The van der Waals surface area contributed by atoms with Crippen LogP contribution in [0.5, 0.6) is 0 Å². The van der Waals surface area contributed by atoms with Gasteiger partial charge < -0.3 is 14.8 Å². The van der Waals surface area contributed by atoms with Gasteiger partial charge in [-0.15, -0.1) is 0 Å². The molecule has 2 rings (SSSR count). The Morgan fingerprint density at radius 2 is 2.10 bits per heavy atom. The fourth-order valence-electron chi connectivity index (χ4n) is 2.37. The number of furan rings is 1. The first-order valence-corrected chi connectivity index (χ1v) is 7.87. The Labute approximate surface area is 122 Å². The standard InChI is InChI=1S/C14H19NO4S/c1-3-10-9(2)8-11(19-10)12(16)15-14(13(17)18)4-6-20-7-5-14/h8H,3-7H2,1-2H3,(H,15,16)(H,17,18). The van der Waals surface area contributed by atoms with E-state index < -0.39 is 17.4 Å². The van der Waals surface area contributed by atoms with Gasteiger partial charge in [0.25, 0.3) is 5.91 Å². The molecule has 1 saturated heterocycles. The summed E-state index contributed by atoms with van der Waals surface area (Å²) in [6.45, 7) is 3.83. The van der Waals surface area contributed by atoms with E-state index in [2.05, 4.69) is 5.32 Å². The Morgan fingerprint density at radius 3 is 2.60 bits per heavy atom. The van der Waals surface area contributed by atoms with Crippen LogP contribution in [-0.2, 0) is 11.2 Å². The van der Waals surface area contributed by atoms with Crippen LogP contribution in [0, 0.1) is 6.92 Å². The van der Waals surface area contributed by atoms with Crippen LogP contribution in [0.15, 0.2) is 10.5 Å². The zero-order valence-corrected chi connectivity index (χ0v) is 12.5. The maximum absolute atomic E-state index is 12.2. The molecule has 0 bridgehead atoms. The van der Waals surface area contributed by atoms with Gasteiger partial charge in [-0.1, -0.05) is 6.92 Å². The molecule has 0 aliphatic carbocycles. The minimum absolute atomic E-state index is 0.193. The van der Waals surface area contributed by atoms with Gasteiger partial charge in [0.05, 0.1) is 0 Å². The zero-order chi connectivity index (χ0) is 14.8. The Morgan fingerprint density at radius 1 is 1.45 bits per heavy atom. The van der Waals surface area contributed by atoms with Crippen molar-refractivity contribution in [3.05, 3.63) is 23.2 Å². The number of amides is 1. The molecule has 0 unspecified atom stereocenters. The number of hydrogen-bond donors (Lipinski definition) is 2. The summed E-state index contributed by atoms with van der Waals surface area (Å²) in [5, 5.41) is 12.1. The fraction of sp³-hybridized carbons (Fsp3) is 0.571. The summed E-state index contributed by atoms with van der Waals surface area (Å²) in [6, 6.07) is 1.67. The summed E-state index contributed by atoms with van der Waals surface area (Å²) in [5.41, 5.74) is -0.240. The molecule has 110 valence electrons. The molecule has 0 spiro atoms. The fourth-order valence-corrected chi connectivity index (χ4v) is 3.56. The second-order valence-electron chi connectivity index (χ2n) is 5.02. The van der Waals surface area contributed by atoms with Gasteiger partial charge in [0, 0.05) is 6.42 Å². The maximum Gasteiger partial charge on any atom is 0.329 e. The first kappa shape index (κ1) is 15.0. The summed E-state index contributed by atoms with van der Waals surface area (Å²) < 4.78 is 5.48. The summed E-state index contributed by atoms with van der Waals surface area (Å²) in [5.74, 6) is 1.03. The molecule has 5 nitrogen and oxygen atoms in total. The van der Waals surface area contributed by atoms with Crippen LogP contribution in [0.3, 0.4) is 0 Å². The van der Waals surface area contributed by atoms with Crippen molar-refractivity contribution < 1.29 is 19.1 Å². The molecule has 0 saturated carbocycles. The van der Waals surface area contributed by atoms with Crippen molar-refractivity contribution >= 4 is 23.6 Å². The van der Waals surface area contributed by atoms with Crippen LogP contribution in [0.25, 0.3) is 0 Å². The van der Waals surface area contributed by atoms with Crippen LogP contribution < -0.4 is 5.32 Å². The number of carboxylic acid groups (broad SMARTS) is 1. The van der Waals surface area contributed by atoms with Crippen molar-refractivity contribution in [2.75, 3.05) is 11.5 Å². The van der Waals surface area contributed by atoms with Crippen molar-refractivity contribution in [1.82, 2.24) is 5.32 Å². The smallest absolute Gasteiger partial charge is 0.329 e. The van der Waals surface area contributed by atoms with Gasteiger partial charge in [0.15, 0.2) is 5.76 Å². The van der Waals surface area contributed by atoms with Crippen molar-refractivity contribution in [1.29, 1.82) is 0 Å². The van der Waals surface area contributed by atoms with Crippen LogP contribution in [0.1, 0.15) is 41.6 Å². The topological polar surface area (TPSA) is 79.5 Å². The lowest BCUT2D eigenvalue weighted by atomic mass is 9.92. The lowest BCUT2D eigenvalue weighted by molar-refractivity contribution is -0.144. The maximum atomic E-state index is 12.2.